The van der Waals surface area contributed by atoms with Crippen LogP contribution in [0, 0.1) is 0 Å². The van der Waals surface area contributed by atoms with Gasteiger partial charge >= 0.3 is 11.9 Å². The minimum absolute atomic E-state index is 0.139. The standard InChI is InChI=1S/C15H14N2O7/c1-23-7-4-3-6(5-8(7)24-2)9-10(14(19)20)12(16)17-13(18)11(9)15(21)22/h3-5H,1-2H3,(H,19,20)(H,21,22)(H3,16,17,18). The summed E-state index contributed by atoms with van der Waals surface area (Å²) in [5.74, 6) is -2.91. The zero-order valence-electron chi connectivity index (χ0n) is 12.7. The number of hydrogen-bond acceptors (Lipinski definition) is 6. The van der Waals surface area contributed by atoms with Gasteiger partial charge < -0.3 is 30.4 Å². The Balaban J connectivity index is 2.94. The summed E-state index contributed by atoms with van der Waals surface area (Å²) in [6.07, 6.45) is 0. The number of pyridine rings is 1. The van der Waals surface area contributed by atoms with Gasteiger partial charge in [0.2, 0.25) is 0 Å². The molecular formula is C15H14N2O7. The highest BCUT2D eigenvalue weighted by Crippen LogP contribution is 2.35. The van der Waals surface area contributed by atoms with E-state index in [9.17, 15) is 24.6 Å². The summed E-state index contributed by atoms with van der Waals surface area (Å²) < 4.78 is 10.2. The van der Waals surface area contributed by atoms with E-state index in [4.69, 9.17) is 15.2 Å². The number of anilines is 1. The third-order valence-corrected chi connectivity index (χ3v) is 3.34. The van der Waals surface area contributed by atoms with E-state index in [1.165, 1.54) is 32.4 Å². The minimum Gasteiger partial charge on any atom is -0.493 e. The Kier molecular flexibility index (Phi) is 4.45. The Bertz CT molecular complexity index is 886. The second kappa shape index (κ2) is 6.32. The molecule has 0 aliphatic carbocycles. The first-order chi connectivity index (χ1) is 11.3. The molecule has 0 saturated heterocycles. The molecular weight excluding hydrogens is 320 g/mol. The number of carboxylic acid groups (broad SMARTS) is 2. The monoisotopic (exact) mass is 334 g/mol. The lowest BCUT2D eigenvalue weighted by Crippen LogP contribution is -2.24. The Hall–Kier alpha value is -3.49. The van der Waals surface area contributed by atoms with Gasteiger partial charge in [0.25, 0.3) is 5.56 Å². The lowest BCUT2D eigenvalue weighted by molar-refractivity contribution is 0.0695. The van der Waals surface area contributed by atoms with E-state index in [1.807, 2.05) is 4.98 Å². The summed E-state index contributed by atoms with van der Waals surface area (Å²) in [5, 5.41) is 18.7. The molecule has 0 spiro atoms. The van der Waals surface area contributed by atoms with Crippen molar-refractivity contribution in [1.29, 1.82) is 0 Å². The summed E-state index contributed by atoms with van der Waals surface area (Å²) in [5.41, 5.74) is 3.15. The summed E-state index contributed by atoms with van der Waals surface area (Å²) in [6, 6.07) is 4.24. The number of nitrogens with two attached hydrogens (primary N) is 1. The van der Waals surface area contributed by atoms with Crippen LogP contribution in [0.4, 0.5) is 5.82 Å². The first-order valence-corrected chi connectivity index (χ1v) is 6.56. The molecule has 0 aliphatic heterocycles. The first kappa shape index (κ1) is 16.9. The van der Waals surface area contributed by atoms with Gasteiger partial charge in [0.15, 0.2) is 11.5 Å². The molecule has 24 heavy (non-hydrogen) atoms. The number of methoxy groups -OCH3 is 2. The van der Waals surface area contributed by atoms with E-state index in [-0.39, 0.29) is 16.9 Å². The van der Waals surface area contributed by atoms with Gasteiger partial charge in [-0.25, -0.2) is 9.59 Å². The zero-order valence-corrected chi connectivity index (χ0v) is 12.7. The van der Waals surface area contributed by atoms with Crippen molar-refractivity contribution in [3.63, 3.8) is 0 Å². The Morgan fingerprint density at radius 2 is 1.62 bits per heavy atom. The van der Waals surface area contributed by atoms with Gasteiger partial charge in [0, 0.05) is 5.56 Å². The molecule has 0 amide bonds. The molecule has 9 nitrogen and oxygen atoms in total. The molecule has 1 aromatic heterocycles. The molecule has 0 saturated carbocycles. The van der Waals surface area contributed by atoms with Crippen LogP contribution in [0.3, 0.4) is 0 Å². The highest BCUT2D eigenvalue weighted by molar-refractivity contribution is 6.07. The van der Waals surface area contributed by atoms with Gasteiger partial charge in [0.1, 0.15) is 16.9 Å². The molecule has 1 heterocycles. The number of aromatic amines is 1. The van der Waals surface area contributed by atoms with Crippen molar-refractivity contribution in [2.75, 3.05) is 20.0 Å². The van der Waals surface area contributed by atoms with E-state index in [0.717, 1.165) is 0 Å². The van der Waals surface area contributed by atoms with Gasteiger partial charge in [-0.3, -0.25) is 4.79 Å². The van der Waals surface area contributed by atoms with Crippen LogP contribution in [-0.2, 0) is 0 Å². The van der Waals surface area contributed by atoms with Crippen molar-refractivity contribution >= 4 is 17.8 Å². The van der Waals surface area contributed by atoms with Gasteiger partial charge in [0.05, 0.1) is 14.2 Å². The molecule has 0 unspecified atom stereocenters. The van der Waals surface area contributed by atoms with Crippen molar-refractivity contribution < 1.29 is 29.3 Å². The van der Waals surface area contributed by atoms with Crippen LogP contribution < -0.4 is 20.8 Å². The number of hydrogen-bond donors (Lipinski definition) is 4. The van der Waals surface area contributed by atoms with Crippen LogP contribution in [0.15, 0.2) is 23.0 Å². The maximum Gasteiger partial charge on any atom is 0.342 e. The Morgan fingerprint density at radius 1 is 1.04 bits per heavy atom. The average molecular weight is 334 g/mol. The SMILES string of the molecule is COc1ccc(-c2c(C(=O)O)c(N)[nH]c(=O)c2C(=O)O)cc1OC. The van der Waals surface area contributed by atoms with Crippen molar-refractivity contribution in [1.82, 2.24) is 4.98 Å². The van der Waals surface area contributed by atoms with Crippen LogP contribution in [0.25, 0.3) is 11.1 Å². The largest absolute Gasteiger partial charge is 0.493 e. The number of aromatic carboxylic acids is 2. The van der Waals surface area contributed by atoms with Crippen molar-refractivity contribution in [2.45, 2.75) is 0 Å². The van der Waals surface area contributed by atoms with Gasteiger partial charge in [-0.2, -0.15) is 0 Å². The first-order valence-electron chi connectivity index (χ1n) is 6.56. The summed E-state index contributed by atoms with van der Waals surface area (Å²) in [6.45, 7) is 0. The molecule has 0 bridgehead atoms. The normalized spacial score (nSPS) is 10.2. The molecule has 2 aromatic rings. The smallest absolute Gasteiger partial charge is 0.342 e. The number of carbonyl (C=O) groups is 2. The fourth-order valence-corrected chi connectivity index (χ4v) is 2.33. The van der Waals surface area contributed by atoms with Crippen LogP contribution in [0.2, 0.25) is 0 Å². The number of nitrogen functional groups attached to an aromatic ring is 1. The third-order valence-electron chi connectivity index (χ3n) is 3.34. The maximum absolute atomic E-state index is 12.0. The molecule has 2 rings (SSSR count). The Labute approximate surface area is 135 Å². The average Bonchev–Trinajstić information content (AvgIpc) is 2.52. The summed E-state index contributed by atoms with van der Waals surface area (Å²) in [4.78, 5) is 37.0. The molecule has 0 atom stereocenters. The number of nitrogens with one attached hydrogen (secondary N) is 1. The van der Waals surface area contributed by atoms with E-state index < -0.39 is 34.4 Å². The second-order valence-corrected chi connectivity index (χ2v) is 4.67. The molecule has 0 fully saturated rings. The van der Waals surface area contributed by atoms with Crippen LogP contribution in [0.5, 0.6) is 11.5 Å². The highest BCUT2D eigenvalue weighted by Gasteiger charge is 2.27. The molecule has 5 N–H and O–H groups in total. The molecule has 0 aliphatic rings. The van der Waals surface area contributed by atoms with Crippen LogP contribution >= 0.6 is 0 Å². The molecule has 1 aromatic carbocycles. The topological polar surface area (TPSA) is 152 Å². The number of ether oxygens (including phenoxy) is 2. The highest BCUT2D eigenvalue weighted by atomic mass is 16.5. The number of carboxylic acids is 2. The summed E-state index contributed by atoms with van der Waals surface area (Å²) in [7, 11) is 2.78. The lowest BCUT2D eigenvalue weighted by Gasteiger charge is -2.14. The molecule has 126 valence electrons. The zero-order chi connectivity index (χ0) is 18.0. The van der Waals surface area contributed by atoms with Crippen LogP contribution in [-0.4, -0.2) is 41.4 Å². The minimum atomic E-state index is -1.58. The quantitative estimate of drug-likeness (QED) is 0.633. The van der Waals surface area contributed by atoms with Gasteiger partial charge in [-0.15, -0.1) is 0 Å². The molecule has 0 radical (unpaired) electrons. The van der Waals surface area contributed by atoms with Crippen molar-refractivity contribution in [2.24, 2.45) is 0 Å². The third kappa shape index (κ3) is 2.74. The second-order valence-electron chi connectivity index (χ2n) is 4.67. The number of rotatable bonds is 5. The fraction of sp³-hybridized carbons (Fsp3) is 0.133. The predicted molar refractivity (Wildman–Crippen MR) is 83.9 cm³/mol. The fourth-order valence-electron chi connectivity index (χ4n) is 2.33. The number of aromatic nitrogens is 1. The van der Waals surface area contributed by atoms with E-state index in [2.05, 4.69) is 0 Å². The van der Waals surface area contributed by atoms with Crippen LogP contribution in [0.1, 0.15) is 20.7 Å². The van der Waals surface area contributed by atoms with E-state index in [0.29, 0.717) is 5.75 Å². The Morgan fingerprint density at radius 3 is 2.12 bits per heavy atom. The number of H-pyrrole nitrogens is 1. The predicted octanol–water partition coefficient (Wildman–Crippen LogP) is 1.04. The van der Waals surface area contributed by atoms with Gasteiger partial charge in [-0.05, 0) is 17.7 Å². The lowest BCUT2D eigenvalue weighted by atomic mass is 9.95. The van der Waals surface area contributed by atoms with E-state index in [1.54, 1.807) is 0 Å². The number of benzene rings is 1. The molecule has 9 heteroatoms. The maximum atomic E-state index is 12.0. The van der Waals surface area contributed by atoms with Crippen molar-refractivity contribution in [3.05, 3.63) is 39.7 Å². The van der Waals surface area contributed by atoms with Gasteiger partial charge in [-0.1, -0.05) is 6.07 Å². The van der Waals surface area contributed by atoms with Crippen molar-refractivity contribution in [3.8, 4) is 22.6 Å². The summed E-state index contributed by atoms with van der Waals surface area (Å²) >= 11 is 0. The van der Waals surface area contributed by atoms with E-state index >= 15 is 0 Å².